The van der Waals surface area contributed by atoms with E-state index in [1.54, 1.807) is 36.2 Å². The summed E-state index contributed by atoms with van der Waals surface area (Å²) in [5, 5.41) is 0. The lowest BCUT2D eigenvalue weighted by molar-refractivity contribution is 0.103. The molecule has 0 aliphatic heterocycles. The van der Waals surface area contributed by atoms with Gasteiger partial charge in [-0.15, -0.1) is 0 Å². The van der Waals surface area contributed by atoms with Crippen molar-refractivity contribution in [1.29, 1.82) is 0 Å². The Morgan fingerprint density at radius 3 is 1.89 bits per heavy atom. The minimum absolute atomic E-state index is 0.000129. The van der Waals surface area contributed by atoms with Crippen LogP contribution in [0.3, 0.4) is 0 Å². The van der Waals surface area contributed by atoms with Gasteiger partial charge in [0.1, 0.15) is 0 Å². The highest BCUT2D eigenvalue weighted by atomic mass is 32.2. The normalized spacial score (nSPS) is 11.9. The van der Waals surface area contributed by atoms with Crippen LogP contribution in [0.2, 0.25) is 0 Å². The molecule has 0 aromatic heterocycles. The molecule has 6 heteroatoms. The number of carbonyl (C=O) groups is 1. The number of benzene rings is 2. The molecule has 2 aromatic carbocycles. The molecule has 0 bridgehead atoms. The number of rotatable bonds is 8. The van der Waals surface area contributed by atoms with Crippen molar-refractivity contribution in [2.75, 3.05) is 24.2 Å². The zero-order valence-corrected chi connectivity index (χ0v) is 18.0. The van der Waals surface area contributed by atoms with Crippen LogP contribution in [-0.4, -0.2) is 38.1 Å². The fourth-order valence-electron chi connectivity index (χ4n) is 3.21. The van der Waals surface area contributed by atoms with Crippen LogP contribution in [-0.2, 0) is 10.1 Å². The third kappa shape index (κ3) is 5.42. The van der Waals surface area contributed by atoms with E-state index in [4.69, 9.17) is 4.55 Å². The first kappa shape index (κ1) is 22.1. The summed E-state index contributed by atoms with van der Waals surface area (Å²) in [5.41, 5.74) is 4.25. The van der Waals surface area contributed by atoms with E-state index in [1.165, 1.54) is 0 Å². The maximum absolute atomic E-state index is 13.3. The molecule has 0 saturated carbocycles. The fraction of sp³-hybridized carbons (Fsp3) is 0.409. The number of ketones is 1. The number of carbonyl (C=O) groups excluding carboxylic acids is 1. The highest BCUT2D eigenvalue weighted by Gasteiger charge is 2.21. The van der Waals surface area contributed by atoms with E-state index >= 15 is 0 Å². The van der Waals surface area contributed by atoms with Gasteiger partial charge in [-0.25, -0.2) is 0 Å². The smallest absolute Gasteiger partial charge is 0.266 e. The maximum atomic E-state index is 13.3. The van der Waals surface area contributed by atoms with Crippen molar-refractivity contribution in [3.8, 4) is 0 Å². The summed E-state index contributed by atoms with van der Waals surface area (Å²) >= 11 is 0. The fourth-order valence-corrected chi connectivity index (χ4v) is 3.71. The van der Waals surface area contributed by atoms with Gasteiger partial charge in [-0.3, -0.25) is 9.35 Å². The van der Waals surface area contributed by atoms with E-state index < -0.39 is 10.1 Å². The molecule has 1 N–H and O–H groups in total. The van der Waals surface area contributed by atoms with Crippen LogP contribution >= 0.6 is 0 Å². The molecule has 2 aromatic rings. The van der Waals surface area contributed by atoms with E-state index in [-0.39, 0.29) is 29.9 Å². The first-order chi connectivity index (χ1) is 13.0. The van der Waals surface area contributed by atoms with Crippen LogP contribution in [0, 0.1) is 0 Å². The average molecular weight is 404 g/mol. The number of hydrogen-bond donors (Lipinski definition) is 1. The minimum atomic E-state index is -4.01. The van der Waals surface area contributed by atoms with Gasteiger partial charge in [0, 0.05) is 30.4 Å². The first-order valence-electron chi connectivity index (χ1n) is 9.45. The van der Waals surface area contributed by atoms with Crippen molar-refractivity contribution in [2.45, 2.75) is 39.5 Å². The van der Waals surface area contributed by atoms with Crippen LogP contribution in [0.1, 0.15) is 66.6 Å². The highest BCUT2D eigenvalue weighted by Crippen LogP contribution is 2.30. The molecule has 0 atom stereocenters. The van der Waals surface area contributed by atoms with Gasteiger partial charge < -0.3 is 4.90 Å². The third-order valence-electron chi connectivity index (χ3n) is 4.85. The molecule has 152 valence electrons. The molecule has 0 heterocycles. The van der Waals surface area contributed by atoms with Crippen LogP contribution in [0.15, 0.2) is 42.5 Å². The highest BCUT2D eigenvalue weighted by molar-refractivity contribution is 7.85. The molecular formula is C22H29NO4S. The van der Waals surface area contributed by atoms with Crippen molar-refractivity contribution < 1.29 is 17.8 Å². The van der Waals surface area contributed by atoms with Crippen molar-refractivity contribution in [2.24, 2.45) is 0 Å². The molecule has 0 fully saturated rings. The van der Waals surface area contributed by atoms with Gasteiger partial charge in [-0.1, -0.05) is 45.9 Å². The predicted octanol–water partition coefficient (Wildman–Crippen LogP) is 4.49. The van der Waals surface area contributed by atoms with Gasteiger partial charge in [0.25, 0.3) is 10.1 Å². The Kier molecular flexibility index (Phi) is 7.01. The molecule has 28 heavy (non-hydrogen) atoms. The van der Waals surface area contributed by atoms with Crippen LogP contribution in [0.25, 0.3) is 0 Å². The summed E-state index contributed by atoms with van der Waals surface area (Å²) in [6.07, 6.45) is 0. The van der Waals surface area contributed by atoms with Gasteiger partial charge in [0.05, 0.1) is 5.75 Å². The molecule has 2 rings (SSSR count). The quantitative estimate of drug-likeness (QED) is 0.519. The molecular weight excluding hydrogens is 374 g/mol. The lowest BCUT2D eigenvalue weighted by atomic mass is 9.85. The monoisotopic (exact) mass is 403 g/mol. The molecule has 0 aliphatic carbocycles. The zero-order valence-electron chi connectivity index (χ0n) is 17.1. The largest absolute Gasteiger partial charge is 0.373 e. The standard InChI is InChI=1S/C22H29NO4S/c1-15(2)19-7-6-8-20(16(3)4)21(19)22(24)17-9-11-18(12-10-17)23(5)13-14-28(25,26)27/h6-12,15-16H,13-14H2,1-5H3,(H,25,26,27). The number of hydrogen-bond acceptors (Lipinski definition) is 4. The van der Waals surface area contributed by atoms with Crippen LogP contribution in [0.4, 0.5) is 5.69 Å². The van der Waals surface area contributed by atoms with Gasteiger partial charge in [-0.2, -0.15) is 8.42 Å². The Morgan fingerprint density at radius 1 is 0.964 bits per heavy atom. The van der Waals surface area contributed by atoms with Gasteiger partial charge in [-0.05, 0) is 47.2 Å². The van der Waals surface area contributed by atoms with Crippen molar-refractivity contribution in [1.82, 2.24) is 0 Å². The Balaban J connectivity index is 2.33. The molecule has 0 aliphatic rings. The number of anilines is 1. The van der Waals surface area contributed by atoms with Crippen molar-refractivity contribution in [3.05, 3.63) is 64.7 Å². The molecule has 0 saturated heterocycles. The van der Waals surface area contributed by atoms with Crippen molar-refractivity contribution in [3.63, 3.8) is 0 Å². The SMILES string of the molecule is CC(C)c1cccc(C(C)C)c1C(=O)c1ccc(N(C)CCS(=O)(=O)O)cc1. The van der Waals surface area contributed by atoms with Gasteiger partial charge in [0.2, 0.25) is 0 Å². The molecule has 0 radical (unpaired) electrons. The van der Waals surface area contributed by atoms with Crippen molar-refractivity contribution >= 4 is 21.6 Å². The van der Waals surface area contributed by atoms with E-state index in [0.717, 1.165) is 22.4 Å². The third-order valence-corrected chi connectivity index (χ3v) is 5.55. The summed E-state index contributed by atoms with van der Waals surface area (Å²) in [4.78, 5) is 15.0. The van der Waals surface area contributed by atoms with Crippen LogP contribution < -0.4 is 4.90 Å². The van der Waals surface area contributed by atoms with Gasteiger partial charge in [0.15, 0.2) is 5.78 Å². The van der Waals surface area contributed by atoms with Gasteiger partial charge >= 0.3 is 0 Å². The topological polar surface area (TPSA) is 74.7 Å². The summed E-state index contributed by atoms with van der Waals surface area (Å²) in [6, 6.07) is 13.2. The summed E-state index contributed by atoms with van der Waals surface area (Å²) in [6.45, 7) is 8.51. The summed E-state index contributed by atoms with van der Waals surface area (Å²) in [5.74, 6) is 0.135. The lowest BCUT2D eigenvalue weighted by Gasteiger charge is -2.20. The Bertz CT molecular complexity index is 905. The summed E-state index contributed by atoms with van der Waals surface area (Å²) in [7, 11) is -2.26. The van der Waals surface area contributed by atoms with Crippen LogP contribution in [0.5, 0.6) is 0 Å². The molecule has 5 nitrogen and oxygen atoms in total. The zero-order chi connectivity index (χ0) is 21.1. The second kappa shape index (κ2) is 8.88. The first-order valence-corrected chi connectivity index (χ1v) is 11.1. The molecule has 0 amide bonds. The molecule has 0 unspecified atom stereocenters. The Morgan fingerprint density at radius 2 is 1.46 bits per heavy atom. The Hall–Kier alpha value is -2.18. The average Bonchev–Trinajstić information content (AvgIpc) is 2.64. The predicted molar refractivity (Wildman–Crippen MR) is 114 cm³/mol. The second-order valence-electron chi connectivity index (χ2n) is 7.70. The second-order valence-corrected chi connectivity index (χ2v) is 9.28. The number of nitrogens with zero attached hydrogens (tertiary/aromatic N) is 1. The van der Waals surface area contributed by atoms with E-state index in [1.807, 2.05) is 18.2 Å². The lowest BCUT2D eigenvalue weighted by Crippen LogP contribution is -2.25. The Labute approximate surface area is 168 Å². The van der Waals surface area contributed by atoms with E-state index in [9.17, 15) is 13.2 Å². The summed E-state index contributed by atoms with van der Waals surface area (Å²) < 4.78 is 30.7. The minimum Gasteiger partial charge on any atom is -0.373 e. The maximum Gasteiger partial charge on any atom is 0.266 e. The van der Waals surface area contributed by atoms with E-state index in [0.29, 0.717) is 5.56 Å². The van der Waals surface area contributed by atoms with E-state index in [2.05, 4.69) is 27.7 Å². The molecule has 0 spiro atoms.